The number of nitrogens with zero attached hydrogens (tertiary/aromatic N) is 2. The molecule has 0 aliphatic carbocycles. The average molecular weight is 499 g/mol. The Kier molecular flexibility index (Phi) is 8.60. The molecule has 0 saturated carbocycles. The van der Waals surface area contributed by atoms with Crippen molar-refractivity contribution in [3.8, 4) is 0 Å². The molecular formula is C22H18N4O6S2. The zero-order chi connectivity index (χ0) is 24.5. The van der Waals surface area contributed by atoms with E-state index in [1.807, 2.05) is 0 Å². The maximum absolute atomic E-state index is 12.4. The largest absolute Gasteiger partial charge is 0.478 e. The van der Waals surface area contributed by atoms with Gasteiger partial charge in [-0.3, -0.25) is 9.59 Å². The van der Waals surface area contributed by atoms with Gasteiger partial charge in [0.2, 0.25) is 11.8 Å². The van der Waals surface area contributed by atoms with Gasteiger partial charge in [0.25, 0.3) is 0 Å². The molecule has 0 atom stereocenters. The van der Waals surface area contributed by atoms with E-state index in [9.17, 15) is 29.4 Å². The average Bonchev–Trinajstić information content (AvgIpc) is 2.83. The second kappa shape index (κ2) is 11.8. The number of aromatic nitrogens is 2. The second-order valence-electron chi connectivity index (χ2n) is 6.54. The van der Waals surface area contributed by atoms with Crippen LogP contribution in [-0.4, -0.2) is 55.4 Å². The molecule has 0 unspecified atom stereocenters. The predicted octanol–water partition coefficient (Wildman–Crippen LogP) is 3.33. The van der Waals surface area contributed by atoms with Crippen LogP contribution < -0.4 is 10.6 Å². The number of benzene rings is 1. The molecule has 0 aliphatic heterocycles. The molecule has 0 fully saturated rings. The predicted molar refractivity (Wildman–Crippen MR) is 128 cm³/mol. The van der Waals surface area contributed by atoms with E-state index in [2.05, 4.69) is 20.6 Å². The molecule has 10 nitrogen and oxygen atoms in total. The number of para-hydroxylation sites is 2. The number of carboxylic acid groups (broad SMARTS) is 2. The van der Waals surface area contributed by atoms with Crippen molar-refractivity contribution in [2.75, 3.05) is 22.1 Å². The van der Waals surface area contributed by atoms with Crippen molar-refractivity contribution in [2.45, 2.75) is 10.1 Å². The number of hydrogen-bond acceptors (Lipinski definition) is 8. The molecule has 2 amide bonds. The van der Waals surface area contributed by atoms with Crippen molar-refractivity contribution in [1.29, 1.82) is 0 Å². The van der Waals surface area contributed by atoms with E-state index in [1.54, 1.807) is 24.3 Å². The lowest BCUT2D eigenvalue weighted by Gasteiger charge is -2.12. The fourth-order valence-electron chi connectivity index (χ4n) is 2.68. The van der Waals surface area contributed by atoms with E-state index in [4.69, 9.17) is 0 Å². The van der Waals surface area contributed by atoms with Gasteiger partial charge in [-0.15, -0.1) is 0 Å². The van der Waals surface area contributed by atoms with Gasteiger partial charge in [-0.1, -0.05) is 35.7 Å². The third kappa shape index (κ3) is 6.80. The fraction of sp³-hybridized carbons (Fsp3) is 0.0909. The molecule has 0 bridgehead atoms. The summed E-state index contributed by atoms with van der Waals surface area (Å²) in [5.41, 5.74) is 0.721. The SMILES string of the molecule is O=C(CSc1ncccc1C(=O)O)Nc1ccccc1NC(=O)CSc1ncccc1C(=O)O. The number of amides is 2. The van der Waals surface area contributed by atoms with Gasteiger partial charge in [0.05, 0.1) is 34.0 Å². The Hall–Kier alpha value is -3.90. The number of carboxylic acids is 2. The number of anilines is 2. The van der Waals surface area contributed by atoms with Gasteiger partial charge >= 0.3 is 11.9 Å². The maximum atomic E-state index is 12.4. The summed E-state index contributed by atoms with van der Waals surface area (Å²) >= 11 is 1.96. The number of hydrogen-bond donors (Lipinski definition) is 4. The van der Waals surface area contributed by atoms with Gasteiger partial charge in [0.1, 0.15) is 10.1 Å². The molecular weight excluding hydrogens is 480 g/mol. The van der Waals surface area contributed by atoms with E-state index >= 15 is 0 Å². The minimum absolute atomic E-state index is 0.00410. The third-order valence-corrected chi connectivity index (χ3v) is 6.17. The number of pyridine rings is 2. The molecule has 0 radical (unpaired) electrons. The molecule has 174 valence electrons. The monoisotopic (exact) mass is 498 g/mol. The molecule has 12 heteroatoms. The van der Waals surface area contributed by atoms with Crippen LogP contribution in [0.15, 0.2) is 71.0 Å². The minimum Gasteiger partial charge on any atom is -0.478 e. The molecule has 3 rings (SSSR count). The summed E-state index contributed by atoms with van der Waals surface area (Å²) in [5.74, 6) is -3.28. The molecule has 2 aromatic heterocycles. The molecule has 3 aromatic rings. The van der Waals surface area contributed by atoms with Gasteiger partial charge in [0.15, 0.2) is 0 Å². The molecule has 0 saturated heterocycles. The first-order chi connectivity index (χ1) is 16.3. The smallest absolute Gasteiger partial charge is 0.338 e. The van der Waals surface area contributed by atoms with Crippen LogP contribution in [0.2, 0.25) is 0 Å². The lowest BCUT2D eigenvalue weighted by Crippen LogP contribution is -2.19. The highest BCUT2D eigenvalue weighted by Gasteiger charge is 2.16. The summed E-state index contributed by atoms with van der Waals surface area (Å²) in [6.45, 7) is 0. The lowest BCUT2D eigenvalue weighted by molar-refractivity contribution is -0.114. The normalized spacial score (nSPS) is 10.4. The zero-order valence-electron chi connectivity index (χ0n) is 17.4. The van der Waals surface area contributed by atoms with Crippen molar-refractivity contribution in [1.82, 2.24) is 9.97 Å². The van der Waals surface area contributed by atoms with Crippen molar-refractivity contribution in [3.63, 3.8) is 0 Å². The number of rotatable bonds is 10. The quantitative estimate of drug-likeness (QED) is 0.305. The fourth-order valence-corrected chi connectivity index (χ4v) is 4.25. The van der Waals surface area contributed by atoms with E-state index in [1.165, 1.54) is 36.7 Å². The van der Waals surface area contributed by atoms with Crippen molar-refractivity contribution >= 4 is 58.7 Å². The minimum atomic E-state index is -1.14. The summed E-state index contributed by atoms with van der Waals surface area (Å²) in [5, 5.41) is 24.2. The third-order valence-electron chi connectivity index (χ3n) is 4.16. The molecule has 4 N–H and O–H groups in total. The molecule has 1 aromatic carbocycles. The second-order valence-corrected chi connectivity index (χ2v) is 8.47. The first-order valence-electron chi connectivity index (χ1n) is 9.66. The lowest BCUT2D eigenvalue weighted by atomic mass is 10.2. The number of carbonyl (C=O) groups is 4. The van der Waals surface area contributed by atoms with Crippen LogP contribution in [0.25, 0.3) is 0 Å². The van der Waals surface area contributed by atoms with Crippen molar-refractivity contribution < 1.29 is 29.4 Å². The van der Waals surface area contributed by atoms with Gasteiger partial charge in [-0.2, -0.15) is 0 Å². The van der Waals surface area contributed by atoms with Gasteiger partial charge < -0.3 is 20.8 Å². The van der Waals surface area contributed by atoms with E-state index in [-0.39, 0.29) is 32.7 Å². The summed E-state index contributed by atoms with van der Waals surface area (Å²) in [6, 6.07) is 12.4. The van der Waals surface area contributed by atoms with Crippen LogP contribution in [0.3, 0.4) is 0 Å². The first-order valence-corrected chi connectivity index (χ1v) is 11.6. The van der Waals surface area contributed by atoms with Gasteiger partial charge in [0, 0.05) is 12.4 Å². The van der Waals surface area contributed by atoms with Crippen LogP contribution in [-0.2, 0) is 9.59 Å². The van der Waals surface area contributed by atoms with Crippen molar-refractivity contribution in [3.05, 3.63) is 72.1 Å². The van der Waals surface area contributed by atoms with E-state index in [0.29, 0.717) is 11.4 Å². The van der Waals surface area contributed by atoms with E-state index in [0.717, 1.165) is 23.5 Å². The Morgan fingerprint density at radius 1 is 0.676 bits per heavy atom. The van der Waals surface area contributed by atoms with Crippen LogP contribution in [0.5, 0.6) is 0 Å². The topological polar surface area (TPSA) is 159 Å². The summed E-state index contributed by atoms with van der Waals surface area (Å²) < 4.78 is 0. The Morgan fingerprint density at radius 2 is 1.09 bits per heavy atom. The number of carbonyl (C=O) groups excluding carboxylic acids is 2. The number of thioether (sulfide) groups is 2. The summed E-state index contributed by atoms with van der Waals surface area (Å²) in [7, 11) is 0. The number of nitrogens with one attached hydrogen (secondary N) is 2. The molecule has 34 heavy (non-hydrogen) atoms. The maximum Gasteiger partial charge on any atom is 0.338 e. The number of aromatic carboxylic acids is 2. The highest BCUT2D eigenvalue weighted by Crippen LogP contribution is 2.25. The Labute approximate surface area is 202 Å². The van der Waals surface area contributed by atoms with Crippen LogP contribution in [0, 0.1) is 0 Å². The summed E-state index contributed by atoms with van der Waals surface area (Å²) in [4.78, 5) is 55.4. The summed E-state index contributed by atoms with van der Waals surface area (Å²) in [6.07, 6.45) is 2.89. The molecule has 0 spiro atoms. The van der Waals surface area contributed by atoms with E-state index < -0.39 is 23.8 Å². The molecule has 0 aliphatic rings. The standard InChI is InChI=1S/C22H18N4O6S2/c27-17(11-33-19-13(21(29)30)5-3-9-23-19)25-15-7-1-2-8-16(15)26-18(28)12-34-20-14(22(31)32)6-4-10-24-20/h1-10H,11-12H2,(H,25,27)(H,26,28)(H,29,30)(H,31,32). The Bertz CT molecular complexity index is 1140. The Balaban J connectivity index is 1.59. The van der Waals surface area contributed by atoms with Gasteiger partial charge in [-0.25, -0.2) is 19.6 Å². The van der Waals surface area contributed by atoms with Crippen LogP contribution in [0.4, 0.5) is 11.4 Å². The van der Waals surface area contributed by atoms with Gasteiger partial charge in [-0.05, 0) is 36.4 Å². The first kappa shape index (κ1) is 24.7. The highest BCUT2D eigenvalue weighted by molar-refractivity contribution is 8.00. The molecule has 2 heterocycles. The highest BCUT2D eigenvalue weighted by atomic mass is 32.2. The van der Waals surface area contributed by atoms with Crippen LogP contribution in [0.1, 0.15) is 20.7 Å². The Morgan fingerprint density at radius 3 is 1.47 bits per heavy atom. The van der Waals surface area contributed by atoms with Crippen molar-refractivity contribution in [2.24, 2.45) is 0 Å². The zero-order valence-corrected chi connectivity index (χ0v) is 19.1. The van der Waals surface area contributed by atoms with Crippen LogP contribution >= 0.6 is 23.5 Å².